The topological polar surface area (TPSA) is 51.9 Å². The fraction of sp³-hybridized carbons (Fsp3) is 0.750. The molecule has 1 aromatic rings. The minimum Gasteiger partial charge on any atom is -0.354 e. The highest BCUT2D eigenvalue weighted by atomic mass is 16.2. The molecule has 74 valence electrons. The molecule has 0 saturated heterocycles. The molecule has 0 amide bonds. The van der Waals surface area contributed by atoms with Crippen LogP contribution in [-0.2, 0) is 13.6 Å². The Labute approximate surface area is 77.4 Å². The Kier molecular flexibility index (Phi) is 3.11. The Morgan fingerprint density at radius 2 is 2.15 bits per heavy atom. The molecule has 0 atom stereocenters. The smallest absolute Gasteiger partial charge is 0.347 e. The summed E-state index contributed by atoms with van der Waals surface area (Å²) >= 11 is 0. The number of nitrogens with one attached hydrogen (secondary N) is 1. The second kappa shape index (κ2) is 4.11. The molecule has 0 radical (unpaired) electrons. The summed E-state index contributed by atoms with van der Waals surface area (Å²) in [4.78, 5) is 11.4. The molecule has 0 bridgehead atoms. The Morgan fingerprint density at radius 1 is 1.46 bits per heavy atom. The molecule has 1 rings (SSSR count). The number of anilines is 1. The molecule has 0 aliphatic carbocycles. The highest BCUT2D eigenvalue weighted by Crippen LogP contribution is 1.98. The molecule has 1 N–H and O–H groups in total. The largest absolute Gasteiger partial charge is 0.354 e. The molecule has 0 unspecified atom stereocenters. The molecule has 0 aliphatic rings. The second-order valence-corrected chi connectivity index (χ2v) is 2.90. The molecule has 5 heteroatoms. The van der Waals surface area contributed by atoms with Gasteiger partial charge in [0.2, 0.25) is 5.95 Å². The SMILES string of the molecule is CCCNc1nn(C)c(=O)n1CC. The summed E-state index contributed by atoms with van der Waals surface area (Å²) in [6, 6.07) is 0. The molecular formula is C8H16N4O. The number of aromatic nitrogens is 3. The maximum atomic E-state index is 11.4. The van der Waals surface area contributed by atoms with Gasteiger partial charge >= 0.3 is 5.69 Å². The highest BCUT2D eigenvalue weighted by Gasteiger charge is 2.07. The van der Waals surface area contributed by atoms with Crippen molar-refractivity contribution in [2.75, 3.05) is 11.9 Å². The van der Waals surface area contributed by atoms with Crippen LogP contribution in [0.15, 0.2) is 4.79 Å². The van der Waals surface area contributed by atoms with Crippen molar-refractivity contribution >= 4 is 5.95 Å². The van der Waals surface area contributed by atoms with Gasteiger partial charge in [-0.25, -0.2) is 9.48 Å². The third-order valence-electron chi connectivity index (χ3n) is 1.86. The summed E-state index contributed by atoms with van der Waals surface area (Å²) in [6.45, 7) is 5.50. The van der Waals surface area contributed by atoms with Crippen molar-refractivity contribution in [3.05, 3.63) is 10.5 Å². The second-order valence-electron chi connectivity index (χ2n) is 2.90. The molecular weight excluding hydrogens is 168 g/mol. The van der Waals surface area contributed by atoms with Gasteiger partial charge in [0.15, 0.2) is 0 Å². The standard InChI is InChI=1S/C8H16N4O/c1-4-6-9-7-10-11(3)8(13)12(7)5-2/h4-6H2,1-3H3,(H,9,10). The zero-order valence-corrected chi connectivity index (χ0v) is 8.37. The average molecular weight is 184 g/mol. The zero-order chi connectivity index (χ0) is 9.84. The molecule has 1 aromatic heterocycles. The van der Waals surface area contributed by atoms with Crippen LogP contribution in [0.4, 0.5) is 5.95 Å². The maximum absolute atomic E-state index is 11.4. The Bertz CT molecular complexity index is 325. The van der Waals surface area contributed by atoms with Crippen molar-refractivity contribution in [2.24, 2.45) is 7.05 Å². The van der Waals surface area contributed by atoms with Crippen LogP contribution in [0, 0.1) is 0 Å². The molecule has 0 aromatic carbocycles. The van der Waals surface area contributed by atoms with Gasteiger partial charge in [0, 0.05) is 20.1 Å². The number of rotatable bonds is 4. The summed E-state index contributed by atoms with van der Waals surface area (Å²) in [5.74, 6) is 0.664. The quantitative estimate of drug-likeness (QED) is 0.738. The minimum atomic E-state index is -0.0684. The molecule has 0 saturated carbocycles. The van der Waals surface area contributed by atoms with Gasteiger partial charge in [0.1, 0.15) is 0 Å². The Balaban J connectivity index is 2.93. The Morgan fingerprint density at radius 3 is 2.69 bits per heavy atom. The van der Waals surface area contributed by atoms with Crippen LogP contribution < -0.4 is 11.0 Å². The van der Waals surface area contributed by atoms with E-state index >= 15 is 0 Å². The van der Waals surface area contributed by atoms with E-state index in [1.54, 1.807) is 11.6 Å². The lowest BCUT2D eigenvalue weighted by Crippen LogP contribution is -2.22. The fourth-order valence-corrected chi connectivity index (χ4v) is 1.16. The maximum Gasteiger partial charge on any atom is 0.347 e. The third-order valence-corrected chi connectivity index (χ3v) is 1.86. The van der Waals surface area contributed by atoms with E-state index in [0.29, 0.717) is 12.5 Å². The van der Waals surface area contributed by atoms with Gasteiger partial charge in [-0.1, -0.05) is 6.92 Å². The molecule has 5 nitrogen and oxygen atoms in total. The lowest BCUT2D eigenvalue weighted by Gasteiger charge is -2.02. The van der Waals surface area contributed by atoms with Crippen molar-refractivity contribution in [1.82, 2.24) is 14.3 Å². The van der Waals surface area contributed by atoms with Gasteiger partial charge in [-0.3, -0.25) is 4.57 Å². The van der Waals surface area contributed by atoms with Gasteiger partial charge in [-0.05, 0) is 13.3 Å². The van der Waals surface area contributed by atoms with Gasteiger partial charge in [-0.15, -0.1) is 5.10 Å². The number of hydrogen-bond donors (Lipinski definition) is 1. The zero-order valence-electron chi connectivity index (χ0n) is 8.37. The van der Waals surface area contributed by atoms with E-state index in [-0.39, 0.29) is 5.69 Å². The van der Waals surface area contributed by atoms with Crippen LogP contribution in [0.1, 0.15) is 20.3 Å². The van der Waals surface area contributed by atoms with Crippen LogP contribution >= 0.6 is 0 Å². The van der Waals surface area contributed by atoms with E-state index < -0.39 is 0 Å². The third kappa shape index (κ3) is 1.91. The first-order valence-electron chi connectivity index (χ1n) is 4.58. The summed E-state index contributed by atoms with van der Waals surface area (Å²) in [5, 5.41) is 7.18. The lowest BCUT2D eigenvalue weighted by molar-refractivity contribution is 0.678. The van der Waals surface area contributed by atoms with Gasteiger partial charge in [0.25, 0.3) is 0 Å². The first kappa shape index (κ1) is 9.83. The van der Waals surface area contributed by atoms with Crippen molar-refractivity contribution in [2.45, 2.75) is 26.8 Å². The van der Waals surface area contributed by atoms with E-state index in [1.807, 2.05) is 6.92 Å². The van der Waals surface area contributed by atoms with Crippen LogP contribution in [0.5, 0.6) is 0 Å². The number of nitrogens with zero attached hydrogens (tertiary/aromatic N) is 3. The Hall–Kier alpha value is -1.26. The fourth-order valence-electron chi connectivity index (χ4n) is 1.16. The summed E-state index contributed by atoms with van der Waals surface area (Å²) < 4.78 is 2.97. The summed E-state index contributed by atoms with van der Waals surface area (Å²) in [7, 11) is 1.66. The molecule has 13 heavy (non-hydrogen) atoms. The van der Waals surface area contributed by atoms with Gasteiger partial charge in [-0.2, -0.15) is 0 Å². The van der Waals surface area contributed by atoms with Crippen molar-refractivity contribution in [3.63, 3.8) is 0 Å². The number of hydrogen-bond acceptors (Lipinski definition) is 3. The van der Waals surface area contributed by atoms with Gasteiger partial charge < -0.3 is 5.32 Å². The number of aryl methyl sites for hydroxylation is 1. The summed E-state index contributed by atoms with van der Waals surface area (Å²) in [6.07, 6.45) is 1.02. The lowest BCUT2D eigenvalue weighted by atomic mass is 10.5. The summed E-state index contributed by atoms with van der Waals surface area (Å²) in [5.41, 5.74) is -0.0684. The van der Waals surface area contributed by atoms with Crippen LogP contribution in [0.25, 0.3) is 0 Å². The normalized spacial score (nSPS) is 10.4. The van der Waals surface area contributed by atoms with E-state index in [1.165, 1.54) is 4.68 Å². The van der Waals surface area contributed by atoms with Gasteiger partial charge in [0.05, 0.1) is 0 Å². The van der Waals surface area contributed by atoms with Crippen LogP contribution in [0.2, 0.25) is 0 Å². The molecule has 0 aliphatic heterocycles. The predicted molar refractivity (Wildman–Crippen MR) is 51.9 cm³/mol. The van der Waals surface area contributed by atoms with E-state index in [2.05, 4.69) is 17.3 Å². The van der Waals surface area contributed by atoms with E-state index in [9.17, 15) is 4.79 Å². The van der Waals surface area contributed by atoms with Crippen molar-refractivity contribution in [3.8, 4) is 0 Å². The molecule has 0 fully saturated rings. The van der Waals surface area contributed by atoms with Crippen molar-refractivity contribution < 1.29 is 0 Å². The molecule has 0 spiro atoms. The minimum absolute atomic E-state index is 0.0684. The predicted octanol–water partition coefficient (Wildman–Crippen LogP) is 0.424. The van der Waals surface area contributed by atoms with E-state index in [0.717, 1.165) is 13.0 Å². The average Bonchev–Trinajstić information content (AvgIpc) is 2.39. The van der Waals surface area contributed by atoms with Crippen molar-refractivity contribution in [1.29, 1.82) is 0 Å². The first-order chi connectivity index (χ1) is 6.20. The van der Waals surface area contributed by atoms with Crippen LogP contribution in [-0.4, -0.2) is 20.9 Å². The molecule has 1 heterocycles. The van der Waals surface area contributed by atoms with Crippen LogP contribution in [0.3, 0.4) is 0 Å². The first-order valence-corrected chi connectivity index (χ1v) is 4.58. The monoisotopic (exact) mass is 184 g/mol. The highest BCUT2D eigenvalue weighted by molar-refractivity contribution is 5.23. The van der Waals surface area contributed by atoms with E-state index in [4.69, 9.17) is 0 Å².